The molecule has 146 valence electrons. The Labute approximate surface area is 154 Å². The molecule has 0 saturated heterocycles. The number of nitrogens with one attached hydrogen (secondary N) is 2. The summed E-state index contributed by atoms with van der Waals surface area (Å²) in [4.78, 5) is 15.8. The second-order valence-corrected chi connectivity index (χ2v) is 5.22. The van der Waals surface area contributed by atoms with E-state index in [1.165, 1.54) is 24.5 Å². The number of pyridine rings is 1. The molecule has 0 spiro atoms. The van der Waals surface area contributed by atoms with Crippen molar-refractivity contribution in [1.29, 1.82) is 0 Å². The Morgan fingerprint density at radius 1 is 1.04 bits per heavy atom. The van der Waals surface area contributed by atoms with Gasteiger partial charge in [0.25, 0.3) is 0 Å². The molecule has 2 heterocycles. The number of aromatic nitrogens is 3. The first-order valence-corrected chi connectivity index (χ1v) is 7.60. The van der Waals surface area contributed by atoms with Gasteiger partial charge in [-0.1, -0.05) is 5.10 Å². The van der Waals surface area contributed by atoms with Gasteiger partial charge in [-0.2, -0.15) is 17.6 Å². The third-order valence-corrected chi connectivity index (χ3v) is 3.19. The molecule has 8 nitrogen and oxygen atoms in total. The largest absolute Gasteiger partial charge is 0.461 e. The maximum Gasteiger partial charge on any atom is 0.461 e. The van der Waals surface area contributed by atoms with Crippen molar-refractivity contribution in [2.45, 2.75) is 12.5 Å². The molecule has 12 heteroatoms. The van der Waals surface area contributed by atoms with Crippen molar-refractivity contribution in [1.82, 2.24) is 15.2 Å². The molecule has 2 aromatic heterocycles. The summed E-state index contributed by atoms with van der Waals surface area (Å²) in [5.74, 6) is -0.325. The van der Waals surface area contributed by atoms with E-state index in [0.717, 1.165) is 12.1 Å². The Kier molecular flexibility index (Phi) is 5.38. The van der Waals surface area contributed by atoms with E-state index in [-0.39, 0.29) is 17.6 Å². The van der Waals surface area contributed by atoms with Crippen LogP contribution >= 0.6 is 0 Å². The number of amides is 2. The van der Waals surface area contributed by atoms with E-state index in [1.807, 2.05) is 0 Å². The first kappa shape index (κ1) is 19.1. The molecule has 28 heavy (non-hydrogen) atoms. The minimum atomic E-state index is -4.61. The van der Waals surface area contributed by atoms with Gasteiger partial charge in [-0.3, -0.25) is 10.3 Å². The van der Waals surface area contributed by atoms with Crippen LogP contribution in [0, 0.1) is 0 Å². The Hall–Kier alpha value is -3.70. The van der Waals surface area contributed by atoms with Crippen molar-refractivity contribution in [3.05, 3.63) is 48.8 Å². The number of urea groups is 1. The number of anilines is 2. The van der Waals surface area contributed by atoms with Gasteiger partial charge < -0.3 is 14.5 Å². The summed E-state index contributed by atoms with van der Waals surface area (Å²) in [6, 6.07) is 6.72. The fourth-order valence-electron chi connectivity index (χ4n) is 1.95. The van der Waals surface area contributed by atoms with Gasteiger partial charge >= 0.3 is 24.6 Å². The minimum Gasteiger partial charge on any atom is -0.428 e. The normalized spacial score (nSPS) is 11.3. The molecule has 0 aliphatic carbocycles. The monoisotopic (exact) mass is 397 g/mol. The van der Waals surface area contributed by atoms with E-state index in [2.05, 4.69) is 30.6 Å². The first-order chi connectivity index (χ1) is 13.3. The average molecular weight is 397 g/mol. The molecule has 0 fully saturated rings. The molecule has 0 saturated carbocycles. The second-order valence-electron chi connectivity index (χ2n) is 5.22. The summed E-state index contributed by atoms with van der Waals surface area (Å²) in [5.41, 5.74) is 0.784. The molecular formula is C16H11F4N5O3. The smallest absolute Gasteiger partial charge is 0.428 e. The zero-order valence-electron chi connectivity index (χ0n) is 13.8. The fourth-order valence-corrected chi connectivity index (χ4v) is 1.95. The molecule has 0 atom stereocenters. The molecule has 0 aliphatic rings. The van der Waals surface area contributed by atoms with Gasteiger partial charge in [0.2, 0.25) is 5.89 Å². The van der Waals surface area contributed by atoms with E-state index in [1.54, 1.807) is 12.1 Å². The maximum absolute atomic E-state index is 12.8. The predicted octanol–water partition coefficient (Wildman–Crippen LogP) is 4.01. The fraction of sp³-hybridized carbons (Fsp3) is 0.125. The zero-order chi connectivity index (χ0) is 20.1. The molecule has 3 rings (SSSR count). The van der Waals surface area contributed by atoms with Crippen LogP contribution < -0.4 is 15.4 Å². The minimum absolute atomic E-state index is 0.166. The van der Waals surface area contributed by atoms with E-state index in [9.17, 15) is 22.4 Å². The molecule has 0 unspecified atom stereocenters. The van der Waals surface area contributed by atoms with Crippen molar-refractivity contribution in [2.75, 3.05) is 10.6 Å². The average Bonchev–Trinajstić information content (AvgIpc) is 3.12. The molecule has 2 amide bonds. The Bertz CT molecular complexity index is 935. The Balaban J connectivity index is 1.57. The van der Waals surface area contributed by atoms with Gasteiger partial charge in [0.15, 0.2) is 0 Å². The highest BCUT2D eigenvalue weighted by Crippen LogP contribution is 2.28. The lowest BCUT2D eigenvalue weighted by Crippen LogP contribution is -2.33. The van der Waals surface area contributed by atoms with Crippen molar-refractivity contribution < 1.29 is 31.5 Å². The number of halogens is 4. The highest BCUT2D eigenvalue weighted by Gasteiger charge is 2.43. The van der Waals surface area contributed by atoms with Crippen molar-refractivity contribution in [3.63, 3.8) is 0 Å². The number of hydrogen-bond acceptors (Lipinski definition) is 6. The SMILES string of the molecule is O=C(Nc1ccc(OC(F)(F)C(F)F)cc1)Nc1nnc(-c2ccncc2)o1. The number of alkyl halides is 4. The van der Waals surface area contributed by atoms with Crippen LogP contribution in [0.5, 0.6) is 5.75 Å². The van der Waals surface area contributed by atoms with Crippen LogP contribution in [0.1, 0.15) is 0 Å². The Morgan fingerprint density at radius 2 is 1.71 bits per heavy atom. The number of rotatable bonds is 6. The van der Waals surface area contributed by atoms with Gasteiger partial charge in [0.1, 0.15) is 5.75 Å². The summed E-state index contributed by atoms with van der Waals surface area (Å²) in [6.45, 7) is 0. The van der Waals surface area contributed by atoms with Crippen LogP contribution in [0.2, 0.25) is 0 Å². The van der Waals surface area contributed by atoms with Crippen LogP contribution in [0.25, 0.3) is 11.5 Å². The van der Waals surface area contributed by atoms with E-state index < -0.39 is 24.3 Å². The maximum atomic E-state index is 12.8. The lowest BCUT2D eigenvalue weighted by atomic mass is 10.3. The molecule has 2 N–H and O–H groups in total. The number of nitrogens with zero attached hydrogens (tertiary/aromatic N) is 3. The van der Waals surface area contributed by atoms with Crippen LogP contribution in [0.15, 0.2) is 53.2 Å². The number of benzene rings is 1. The molecule has 0 radical (unpaired) electrons. The van der Waals surface area contributed by atoms with Crippen molar-refractivity contribution >= 4 is 17.7 Å². The lowest BCUT2D eigenvalue weighted by Gasteiger charge is -2.16. The zero-order valence-corrected chi connectivity index (χ0v) is 13.8. The Morgan fingerprint density at radius 3 is 2.36 bits per heavy atom. The summed E-state index contributed by atoms with van der Waals surface area (Å²) in [6.07, 6.45) is -5.52. The topological polar surface area (TPSA) is 102 Å². The van der Waals surface area contributed by atoms with Crippen LogP contribution in [0.3, 0.4) is 0 Å². The van der Waals surface area contributed by atoms with E-state index in [4.69, 9.17) is 4.42 Å². The van der Waals surface area contributed by atoms with Gasteiger partial charge in [-0.15, -0.1) is 5.10 Å². The number of carbonyl (C=O) groups is 1. The summed E-state index contributed by atoms with van der Waals surface area (Å²) >= 11 is 0. The quantitative estimate of drug-likeness (QED) is 0.610. The second kappa shape index (κ2) is 7.90. The van der Waals surface area contributed by atoms with Crippen LogP contribution in [-0.4, -0.2) is 33.7 Å². The summed E-state index contributed by atoms with van der Waals surface area (Å²) in [5, 5.41) is 12.1. The molecule has 1 aromatic carbocycles. The highest BCUT2D eigenvalue weighted by molar-refractivity contribution is 5.98. The third kappa shape index (κ3) is 4.72. The van der Waals surface area contributed by atoms with Crippen LogP contribution in [-0.2, 0) is 0 Å². The van der Waals surface area contributed by atoms with Gasteiger partial charge in [0, 0.05) is 23.6 Å². The molecule has 3 aromatic rings. The summed E-state index contributed by atoms with van der Waals surface area (Å²) in [7, 11) is 0. The number of carbonyl (C=O) groups excluding carboxylic acids is 1. The lowest BCUT2D eigenvalue weighted by molar-refractivity contribution is -0.253. The molecule has 0 bridgehead atoms. The number of ether oxygens (including phenoxy) is 1. The molecule has 0 aliphatic heterocycles. The van der Waals surface area contributed by atoms with E-state index >= 15 is 0 Å². The van der Waals surface area contributed by atoms with Crippen LogP contribution in [0.4, 0.5) is 34.1 Å². The molecular weight excluding hydrogens is 386 g/mol. The van der Waals surface area contributed by atoms with Crippen molar-refractivity contribution in [3.8, 4) is 17.2 Å². The predicted molar refractivity (Wildman–Crippen MR) is 88.2 cm³/mol. The van der Waals surface area contributed by atoms with Crippen molar-refractivity contribution in [2.24, 2.45) is 0 Å². The standard InChI is InChI=1S/C16H11F4N5O3/c17-13(18)16(19,20)28-11-3-1-10(2-4-11)22-14(26)23-15-25-24-12(27-15)9-5-7-21-8-6-9/h1-8,13H,(H2,22,23,25,26). The van der Waals surface area contributed by atoms with Gasteiger partial charge in [0.05, 0.1) is 0 Å². The van der Waals surface area contributed by atoms with Gasteiger partial charge in [-0.05, 0) is 36.4 Å². The highest BCUT2D eigenvalue weighted by atomic mass is 19.3. The summed E-state index contributed by atoms with van der Waals surface area (Å²) < 4.78 is 59.1. The number of hydrogen-bond donors (Lipinski definition) is 2. The third-order valence-electron chi connectivity index (χ3n) is 3.19. The van der Waals surface area contributed by atoms with Gasteiger partial charge in [-0.25, -0.2) is 4.79 Å². The van der Waals surface area contributed by atoms with E-state index in [0.29, 0.717) is 5.56 Å². The first-order valence-electron chi connectivity index (χ1n) is 7.60.